The van der Waals surface area contributed by atoms with E-state index in [0.29, 0.717) is 17.7 Å². The highest BCUT2D eigenvalue weighted by atomic mass is 19.4. The van der Waals surface area contributed by atoms with Crippen LogP contribution in [-0.2, 0) is 19.2 Å². The van der Waals surface area contributed by atoms with Crippen LogP contribution < -0.4 is 4.74 Å². The molecule has 0 atom stereocenters. The fourth-order valence-electron chi connectivity index (χ4n) is 3.14. The molecule has 160 valence electrons. The van der Waals surface area contributed by atoms with Gasteiger partial charge in [0.1, 0.15) is 6.61 Å². The second kappa shape index (κ2) is 8.87. The van der Waals surface area contributed by atoms with Gasteiger partial charge in [-0.3, -0.25) is 0 Å². The van der Waals surface area contributed by atoms with Gasteiger partial charge in [0.05, 0.1) is 11.3 Å². The van der Waals surface area contributed by atoms with E-state index in [9.17, 15) is 22.0 Å². The Morgan fingerprint density at radius 2 is 1.63 bits per heavy atom. The van der Waals surface area contributed by atoms with Crippen molar-refractivity contribution in [3.63, 3.8) is 0 Å². The molecule has 3 rings (SSSR count). The summed E-state index contributed by atoms with van der Waals surface area (Å²) in [6, 6.07) is 9.81. The minimum atomic E-state index is -4.65. The van der Waals surface area contributed by atoms with E-state index < -0.39 is 35.7 Å². The fraction of sp³-hybridized carbons (Fsp3) is 0.273. The summed E-state index contributed by atoms with van der Waals surface area (Å²) < 4.78 is 75.5. The third-order valence-corrected chi connectivity index (χ3v) is 4.64. The molecule has 0 radical (unpaired) electrons. The minimum absolute atomic E-state index is 0.127. The van der Waals surface area contributed by atoms with Crippen molar-refractivity contribution in [3.8, 4) is 11.4 Å². The summed E-state index contributed by atoms with van der Waals surface area (Å²) in [6.07, 6.45) is -2.81. The molecule has 1 aromatic heterocycles. The van der Waals surface area contributed by atoms with E-state index in [1.807, 2.05) is 6.92 Å². The molecule has 0 saturated heterocycles. The first-order chi connectivity index (χ1) is 14.2. The molecule has 0 amide bonds. The predicted molar refractivity (Wildman–Crippen MR) is 102 cm³/mol. The van der Waals surface area contributed by atoms with E-state index in [0.717, 1.165) is 23.8 Å². The molecular formula is C22H20F5NO2. The summed E-state index contributed by atoms with van der Waals surface area (Å²) in [7, 11) is 0. The highest BCUT2D eigenvalue weighted by molar-refractivity contribution is 5.41. The molecule has 0 bridgehead atoms. The molecule has 0 aliphatic heterocycles. The molecule has 3 nitrogen and oxygen atoms in total. The maximum Gasteiger partial charge on any atom is 0.418 e. The molecule has 30 heavy (non-hydrogen) atoms. The standard InChI is InChI=1S/C22H20F5NO2/c1-14-4-6-16(7-5-14)28-9-8-17(22(25,26)27)20(28)13-30-21-18(23)11-15(3-2-10-29)12-19(21)24/h4-9,11-12,29H,2-3,10,13H2,1H3. The summed E-state index contributed by atoms with van der Waals surface area (Å²) in [5.41, 5.74) is 0.517. The normalized spacial score (nSPS) is 11.7. The summed E-state index contributed by atoms with van der Waals surface area (Å²) in [5.74, 6) is -2.76. The number of aromatic nitrogens is 1. The molecule has 0 spiro atoms. The van der Waals surface area contributed by atoms with Crippen LogP contribution >= 0.6 is 0 Å². The van der Waals surface area contributed by atoms with Gasteiger partial charge in [-0.1, -0.05) is 17.7 Å². The summed E-state index contributed by atoms with van der Waals surface area (Å²) >= 11 is 0. The van der Waals surface area contributed by atoms with Crippen molar-refractivity contribution in [3.05, 3.63) is 82.7 Å². The number of halogens is 5. The zero-order valence-electron chi connectivity index (χ0n) is 16.1. The maximum atomic E-state index is 14.3. The van der Waals surface area contributed by atoms with Crippen molar-refractivity contribution >= 4 is 0 Å². The van der Waals surface area contributed by atoms with Crippen LogP contribution in [-0.4, -0.2) is 16.3 Å². The van der Waals surface area contributed by atoms with Crippen LogP contribution in [0.4, 0.5) is 22.0 Å². The minimum Gasteiger partial charge on any atom is -0.481 e. The molecule has 1 N–H and O–H groups in total. The summed E-state index contributed by atoms with van der Waals surface area (Å²) in [4.78, 5) is 0. The number of benzene rings is 2. The van der Waals surface area contributed by atoms with Crippen molar-refractivity contribution in [1.82, 2.24) is 4.57 Å². The van der Waals surface area contributed by atoms with Crippen molar-refractivity contribution in [1.29, 1.82) is 0 Å². The Balaban J connectivity index is 1.93. The van der Waals surface area contributed by atoms with Gasteiger partial charge in [-0.2, -0.15) is 13.2 Å². The smallest absolute Gasteiger partial charge is 0.418 e. The number of aryl methyl sites for hydroxylation is 2. The van der Waals surface area contributed by atoms with Crippen molar-refractivity contribution in [2.45, 2.75) is 32.5 Å². The van der Waals surface area contributed by atoms with E-state index >= 15 is 0 Å². The second-order valence-electron chi connectivity index (χ2n) is 6.88. The lowest BCUT2D eigenvalue weighted by molar-refractivity contribution is -0.138. The average Bonchev–Trinajstić information content (AvgIpc) is 3.10. The highest BCUT2D eigenvalue weighted by Gasteiger charge is 2.36. The zero-order valence-corrected chi connectivity index (χ0v) is 16.1. The Morgan fingerprint density at radius 3 is 2.20 bits per heavy atom. The number of hydrogen-bond acceptors (Lipinski definition) is 2. The molecule has 0 saturated carbocycles. The van der Waals surface area contributed by atoms with Crippen molar-refractivity contribution in [2.75, 3.05) is 6.61 Å². The predicted octanol–water partition coefficient (Wildman–Crippen LogP) is 5.59. The number of ether oxygens (including phenoxy) is 1. The molecule has 3 aromatic rings. The molecule has 0 aliphatic carbocycles. The highest BCUT2D eigenvalue weighted by Crippen LogP contribution is 2.35. The first kappa shape index (κ1) is 21.8. The molecule has 0 unspecified atom stereocenters. The Bertz CT molecular complexity index is 986. The van der Waals surface area contributed by atoms with Gasteiger partial charge in [-0.25, -0.2) is 8.78 Å². The summed E-state index contributed by atoms with van der Waals surface area (Å²) in [5, 5.41) is 8.83. The van der Waals surface area contributed by atoms with Gasteiger partial charge < -0.3 is 14.4 Å². The largest absolute Gasteiger partial charge is 0.481 e. The lowest BCUT2D eigenvalue weighted by Crippen LogP contribution is -2.13. The fourth-order valence-corrected chi connectivity index (χ4v) is 3.14. The monoisotopic (exact) mass is 425 g/mol. The molecule has 0 aliphatic rings. The quantitative estimate of drug-likeness (QED) is 0.501. The van der Waals surface area contributed by atoms with Gasteiger partial charge in [0.25, 0.3) is 0 Å². The van der Waals surface area contributed by atoms with E-state index in [4.69, 9.17) is 9.84 Å². The maximum absolute atomic E-state index is 14.3. The van der Waals surface area contributed by atoms with Gasteiger partial charge in [0.2, 0.25) is 0 Å². The first-order valence-corrected chi connectivity index (χ1v) is 9.26. The third-order valence-electron chi connectivity index (χ3n) is 4.64. The van der Waals surface area contributed by atoms with Crippen LogP contribution in [0, 0.1) is 18.6 Å². The van der Waals surface area contributed by atoms with Crippen LogP contribution in [0.2, 0.25) is 0 Å². The molecular weight excluding hydrogens is 405 g/mol. The van der Waals surface area contributed by atoms with Gasteiger partial charge in [-0.15, -0.1) is 0 Å². The first-order valence-electron chi connectivity index (χ1n) is 9.26. The van der Waals surface area contributed by atoms with Gasteiger partial charge in [0.15, 0.2) is 17.4 Å². The van der Waals surface area contributed by atoms with Crippen molar-refractivity contribution in [2.24, 2.45) is 0 Å². The topological polar surface area (TPSA) is 34.4 Å². The Labute approximate surface area is 170 Å². The number of alkyl halides is 3. The van der Waals surface area contributed by atoms with Crippen LogP contribution in [0.5, 0.6) is 5.75 Å². The molecule has 1 heterocycles. The number of aliphatic hydroxyl groups is 1. The molecule has 2 aromatic carbocycles. The number of aliphatic hydroxyl groups excluding tert-OH is 1. The van der Waals surface area contributed by atoms with Gasteiger partial charge >= 0.3 is 6.18 Å². The third kappa shape index (κ3) is 4.81. The van der Waals surface area contributed by atoms with E-state index in [1.54, 1.807) is 24.3 Å². The SMILES string of the molecule is Cc1ccc(-n2ccc(C(F)(F)F)c2COc2c(F)cc(CCCO)cc2F)cc1. The number of hydrogen-bond donors (Lipinski definition) is 1. The Kier molecular flexibility index (Phi) is 6.45. The van der Waals surface area contributed by atoms with Gasteiger partial charge in [-0.05, 0) is 55.7 Å². The van der Waals surface area contributed by atoms with Gasteiger partial charge in [0, 0.05) is 18.5 Å². The summed E-state index contributed by atoms with van der Waals surface area (Å²) in [6.45, 7) is 1.04. The Hall–Kier alpha value is -2.87. The van der Waals surface area contributed by atoms with Crippen LogP contribution in [0.1, 0.15) is 28.8 Å². The number of nitrogens with zero attached hydrogens (tertiary/aromatic N) is 1. The number of rotatable bonds is 7. The van der Waals surface area contributed by atoms with Crippen LogP contribution in [0.25, 0.3) is 5.69 Å². The van der Waals surface area contributed by atoms with E-state index in [-0.39, 0.29) is 18.7 Å². The van der Waals surface area contributed by atoms with E-state index in [1.165, 1.54) is 10.8 Å². The van der Waals surface area contributed by atoms with E-state index in [2.05, 4.69) is 0 Å². The van der Waals surface area contributed by atoms with Crippen LogP contribution in [0.3, 0.4) is 0 Å². The molecule has 0 fully saturated rings. The lowest BCUT2D eigenvalue weighted by Gasteiger charge is -2.16. The average molecular weight is 425 g/mol. The Morgan fingerprint density at radius 1 is 1.00 bits per heavy atom. The van der Waals surface area contributed by atoms with Crippen molar-refractivity contribution < 1.29 is 31.8 Å². The molecule has 8 heteroatoms. The van der Waals surface area contributed by atoms with Crippen LogP contribution in [0.15, 0.2) is 48.7 Å². The second-order valence-corrected chi connectivity index (χ2v) is 6.88. The lowest BCUT2D eigenvalue weighted by atomic mass is 10.1. The zero-order chi connectivity index (χ0) is 21.9.